The number of halogens is 1. The van der Waals surface area contributed by atoms with Crippen molar-refractivity contribution in [2.45, 2.75) is 32.2 Å². The first-order chi connectivity index (χ1) is 10.3. The molecule has 1 aromatic carbocycles. The van der Waals surface area contributed by atoms with E-state index < -0.39 is 0 Å². The van der Waals surface area contributed by atoms with Gasteiger partial charge < -0.3 is 10.6 Å². The number of aromatic nitrogens is 1. The first-order valence-corrected chi connectivity index (χ1v) is 7.86. The SMILES string of the molecule is CCNCc1cnc(Nc2cccc(Cl)c2)cc1C1CC1. The summed E-state index contributed by atoms with van der Waals surface area (Å²) in [5.74, 6) is 1.60. The van der Waals surface area contributed by atoms with Crippen molar-refractivity contribution in [2.75, 3.05) is 11.9 Å². The zero-order chi connectivity index (χ0) is 14.7. The summed E-state index contributed by atoms with van der Waals surface area (Å²) in [6, 6.07) is 9.90. The molecule has 3 nitrogen and oxygen atoms in total. The highest BCUT2D eigenvalue weighted by atomic mass is 35.5. The van der Waals surface area contributed by atoms with E-state index in [1.165, 1.54) is 24.0 Å². The monoisotopic (exact) mass is 301 g/mol. The molecule has 21 heavy (non-hydrogen) atoms. The van der Waals surface area contributed by atoms with Crippen LogP contribution in [0.2, 0.25) is 5.02 Å². The summed E-state index contributed by atoms with van der Waals surface area (Å²) in [6.07, 6.45) is 4.57. The summed E-state index contributed by atoms with van der Waals surface area (Å²) in [7, 11) is 0. The lowest BCUT2D eigenvalue weighted by Gasteiger charge is -2.12. The third-order valence-electron chi connectivity index (χ3n) is 3.70. The minimum absolute atomic E-state index is 0.710. The molecule has 1 heterocycles. The molecule has 1 fully saturated rings. The van der Waals surface area contributed by atoms with Gasteiger partial charge in [-0.2, -0.15) is 0 Å². The lowest BCUT2D eigenvalue weighted by molar-refractivity contribution is 0.717. The van der Waals surface area contributed by atoms with E-state index in [0.29, 0.717) is 5.92 Å². The van der Waals surface area contributed by atoms with Crippen LogP contribution in [0.5, 0.6) is 0 Å². The standard InChI is InChI=1S/C17H20ClN3/c1-2-19-10-13-11-20-17(9-16(13)12-6-7-12)21-15-5-3-4-14(18)8-15/h3-5,8-9,11-12,19H,2,6-7,10H2,1H3,(H,20,21). The van der Waals surface area contributed by atoms with Gasteiger partial charge >= 0.3 is 0 Å². The normalized spacial score (nSPS) is 14.2. The van der Waals surface area contributed by atoms with Gasteiger partial charge in [-0.1, -0.05) is 24.6 Å². The van der Waals surface area contributed by atoms with Crippen molar-refractivity contribution in [3.05, 3.63) is 52.7 Å². The van der Waals surface area contributed by atoms with Crippen molar-refractivity contribution >= 4 is 23.1 Å². The molecule has 1 aliphatic carbocycles. The summed E-state index contributed by atoms with van der Waals surface area (Å²) < 4.78 is 0. The van der Waals surface area contributed by atoms with Crippen molar-refractivity contribution in [3.63, 3.8) is 0 Å². The van der Waals surface area contributed by atoms with Crippen LogP contribution >= 0.6 is 11.6 Å². The van der Waals surface area contributed by atoms with Gasteiger partial charge in [0.25, 0.3) is 0 Å². The molecule has 0 spiro atoms. The van der Waals surface area contributed by atoms with E-state index in [-0.39, 0.29) is 0 Å². The molecule has 0 radical (unpaired) electrons. The number of rotatable bonds is 6. The van der Waals surface area contributed by atoms with Crippen molar-refractivity contribution in [2.24, 2.45) is 0 Å². The summed E-state index contributed by atoms with van der Waals surface area (Å²) in [6.45, 7) is 4.00. The number of benzene rings is 1. The maximum atomic E-state index is 6.02. The van der Waals surface area contributed by atoms with Gasteiger partial charge in [0.15, 0.2) is 0 Å². The van der Waals surface area contributed by atoms with E-state index in [0.717, 1.165) is 29.6 Å². The highest BCUT2D eigenvalue weighted by Crippen LogP contribution is 2.42. The first kappa shape index (κ1) is 14.4. The van der Waals surface area contributed by atoms with E-state index >= 15 is 0 Å². The molecule has 0 atom stereocenters. The van der Waals surface area contributed by atoms with Gasteiger partial charge in [0.1, 0.15) is 5.82 Å². The Morgan fingerprint density at radius 1 is 1.29 bits per heavy atom. The highest BCUT2D eigenvalue weighted by molar-refractivity contribution is 6.30. The van der Waals surface area contributed by atoms with Crippen molar-refractivity contribution in [1.82, 2.24) is 10.3 Å². The number of nitrogens with zero attached hydrogens (tertiary/aromatic N) is 1. The first-order valence-electron chi connectivity index (χ1n) is 7.48. The quantitative estimate of drug-likeness (QED) is 0.827. The predicted molar refractivity (Wildman–Crippen MR) is 88.3 cm³/mol. The smallest absolute Gasteiger partial charge is 0.130 e. The highest BCUT2D eigenvalue weighted by Gasteiger charge is 2.26. The Labute approximate surface area is 130 Å². The second-order valence-corrected chi connectivity index (χ2v) is 5.89. The number of hydrogen-bond acceptors (Lipinski definition) is 3. The van der Waals surface area contributed by atoms with Gasteiger partial charge in [-0.05, 0) is 60.7 Å². The number of nitrogens with one attached hydrogen (secondary N) is 2. The summed E-state index contributed by atoms with van der Waals surface area (Å²) in [4.78, 5) is 4.53. The Hall–Kier alpha value is -1.58. The lowest BCUT2D eigenvalue weighted by Crippen LogP contribution is -2.13. The van der Waals surface area contributed by atoms with Crippen LogP contribution in [0, 0.1) is 0 Å². The van der Waals surface area contributed by atoms with Crippen LogP contribution in [0.3, 0.4) is 0 Å². The third-order valence-corrected chi connectivity index (χ3v) is 3.94. The fourth-order valence-corrected chi connectivity index (χ4v) is 2.65. The van der Waals surface area contributed by atoms with Crippen molar-refractivity contribution in [1.29, 1.82) is 0 Å². The Bertz CT molecular complexity index is 623. The molecule has 4 heteroatoms. The zero-order valence-corrected chi connectivity index (χ0v) is 13.0. The minimum atomic E-state index is 0.710. The maximum Gasteiger partial charge on any atom is 0.130 e. The average Bonchev–Trinajstić information content (AvgIpc) is 3.30. The molecule has 1 aliphatic rings. The van der Waals surface area contributed by atoms with Gasteiger partial charge in [0.05, 0.1) is 0 Å². The van der Waals surface area contributed by atoms with Gasteiger partial charge in [0.2, 0.25) is 0 Å². The van der Waals surface area contributed by atoms with Crippen molar-refractivity contribution in [3.8, 4) is 0 Å². The average molecular weight is 302 g/mol. The fourth-order valence-electron chi connectivity index (χ4n) is 2.46. The molecule has 1 saturated carbocycles. The summed E-state index contributed by atoms with van der Waals surface area (Å²) >= 11 is 6.02. The van der Waals surface area contributed by atoms with Crippen LogP contribution in [0.4, 0.5) is 11.5 Å². The Balaban J connectivity index is 1.81. The van der Waals surface area contributed by atoms with E-state index in [1.54, 1.807) is 0 Å². The third kappa shape index (κ3) is 3.74. The molecule has 0 unspecified atom stereocenters. The second-order valence-electron chi connectivity index (χ2n) is 5.46. The van der Waals surface area contributed by atoms with Crippen LogP contribution in [-0.4, -0.2) is 11.5 Å². The number of hydrogen-bond donors (Lipinski definition) is 2. The molecule has 3 rings (SSSR count). The Morgan fingerprint density at radius 3 is 2.86 bits per heavy atom. The molecule has 0 bridgehead atoms. The molecule has 2 N–H and O–H groups in total. The Kier molecular flexibility index (Phi) is 4.42. The van der Waals surface area contributed by atoms with E-state index in [1.807, 2.05) is 30.5 Å². The molecule has 1 aromatic heterocycles. The topological polar surface area (TPSA) is 37.0 Å². The van der Waals surface area contributed by atoms with Gasteiger partial charge in [0, 0.05) is 23.5 Å². The van der Waals surface area contributed by atoms with Gasteiger partial charge in [-0.15, -0.1) is 0 Å². The molecule has 0 saturated heterocycles. The minimum Gasteiger partial charge on any atom is -0.340 e. The summed E-state index contributed by atoms with van der Waals surface area (Å²) in [5.41, 5.74) is 3.71. The number of pyridine rings is 1. The van der Waals surface area contributed by atoms with Gasteiger partial charge in [-0.25, -0.2) is 4.98 Å². The molecule has 0 aliphatic heterocycles. The molecule has 0 amide bonds. The van der Waals surface area contributed by atoms with Crippen LogP contribution < -0.4 is 10.6 Å². The predicted octanol–water partition coefficient (Wildman–Crippen LogP) is 4.47. The molecule has 110 valence electrons. The van der Waals surface area contributed by atoms with Crippen LogP contribution in [0.1, 0.15) is 36.8 Å². The Morgan fingerprint density at radius 2 is 2.14 bits per heavy atom. The summed E-state index contributed by atoms with van der Waals surface area (Å²) in [5, 5.41) is 7.45. The van der Waals surface area contributed by atoms with Crippen molar-refractivity contribution < 1.29 is 0 Å². The maximum absolute atomic E-state index is 6.02. The number of anilines is 2. The second kappa shape index (κ2) is 6.46. The van der Waals surface area contributed by atoms with Crippen LogP contribution in [0.15, 0.2) is 36.5 Å². The molecular weight excluding hydrogens is 282 g/mol. The van der Waals surface area contributed by atoms with Crippen LogP contribution in [0.25, 0.3) is 0 Å². The molecule has 2 aromatic rings. The largest absolute Gasteiger partial charge is 0.340 e. The van der Waals surface area contributed by atoms with Crippen LogP contribution in [-0.2, 0) is 6.54 Å². The fraction of sp³-hybridized carbons (Fsp3) is 0.353. The van der Waals surface area contributed by atoms with E-state index in [2.05, 4.69) is 28.6 Å². The lowest BCUT2D eigenvalue weighted by atomic mass is 10.1. The van der Waals surface area contributed by atoms with E-state index in [4.69, 9.17) is 11.6 Å². The van der Waals surface area contributed by atoms with Gasteiger partial charge in [-0.3, -0.25) is 0 Å². The van der Waals surface area contributed by atoms with E-state index in [9.17, 15) is 0 Å². The zero-order valence-electron chi connectivity index (χ0n) is 12.2. The molecular formula is C17H20ClN3.